The number of Topliss-reactive ketones (excluding diaryl/α,β-unsaturated/α-hetero) is 1. The number of hydrogen-bond donors (Lipinski definition) is 0. The second-order valence-corrected chi connectivity index (χ2v) is 9.35. The fraction of sp³-hybridized carbons (Fsp3) is 0.632. The van der Waals surface area contributed by atoms with Crippen molar-refractivity contribution in [2.45, 2.75) is 39.5 Å². The van der Waals surface area contributed by atoms with Crippen LogP contribution in [0.4, 0.5) is 0 Å². The van der Waals surface area contributed by atoms with Crippen molar-refractivity contribution in [1.29, 1.82) is 0 Å². The number of ketones is 1. The molecule has 1 aromatic rings. The Morgan fingerprint density at radius 2 is 1.88 bits per heavy atom. The van der Waals surface area contributed by atoms with Crippen molar-refractivity contribution >= 4 is 15.9 Å². The van der Waals surface area contributed by atoms with E-state index >= 15 is 0 Å². The van der Waals surface area contributed by atoms with E-state index in [-0.39, 0.29) is 23.6 Å². The molecule has 25 heavy (non-hydrogen) atoms. The maximum absolute atomic E-state index is 12.4. The first kappa shape index (κ1) is 18.4. The topological polar surface area (TPSA) is 69.7 Å². The first-order chi connectivity index (χ1) is 11.8. The van der Waals surface area contributed by atoms with Gasteiger partial charge < -0.3 is 4.74 Å². The summed E-state index contributed by atoms with van der Waals surface area (Å²) in [5, 5.41) is 0. The van der Waals surface area contributed by atoms with Crippen molar-refractivity contribution in [3.63, 3.8) is 0 Å². The first-order valence-corrected chi connectivity index (χ1v) is 10.4. The summed E-state index contributed by atoms with van der Waals surface area (Å²) in [4.78, 5) is 12.4. The summed E-state index contributed by atoms with van der Waals surface area (Å²) < 4.78 is 35.5. The summed E-state index contributed by atoms with van der Waals surface area (Å²) in [6, 6.07) is 9.36. The van der Waals surface area contributed by atoms with Crippen LogP contribution in [0, 0.1) is 16.7 Å². The number of ether oxygens (including phenoxy) is 1. The molecule has 0 radical (unpaired) electrons. The van der Waals surface area contributed by atoms with Crippen LogP contribution in [0.1, 0.15) is 39.5 Å². The minimum atomic E-state index is -3.73. The van der Waals surface area contributed by atoms with Gasteiger partial charge in [0, 0.05) is 12.8 Å². The molecule has 2 unspecified atom stereocenters. The molecule has 5 nitrogen and oxygen atoms in total. The molecule has 6 heteroatoms. The van der Waals surface area contributed by atoms with Crippen molar-refractivity contribution in [2.75, 3.05) is 19.0 Å². The fourth-order valence-corrected chi connectivity index (χ4v) is 6.14. The van der Waals surface area contributed by atoms with Crippen molar-refractivity contribution in [3.05, 3.63) is 30.3 Å². The number of fused-ring (bicyclic) bond motifs is 2. The van der Waals surface area contributed by atoms with Gasteiger partial charge in [-0.1, -0.05) is 32.0 Å². The molecule has 2 fully saturated rings. The average molecular weight is 366 g/mol. The predicted octanol–water partition coefficient (Wildman–Crippen LogP) is 3.20. The van der Waals surface area contributed by atoms with Crippen LogP contribution in [0.15, 0.2) is 30.3 Å². The molecule has 2 atom stereocenters. The lowest BCUT2D eigenvalue weighted by atomic mass is 9.70. The molecule has 0 aromatic heterocycles. The summed E-state index contributed by atoms with van der Waals surface area (Å²) in [5.74, 6) is 0.948. The smallest absolute Gasteiger partial charge is 0.268 e. The summed E-state index contributed by atoms with van der Waals surface area (Å²) in [6.07, 6.45) is 2.57. The first-order valence-electron chi connectivity index (χ1n) is 8.85. The molecule has 2 aliphatic rings. The van der Waals surface area contributed by atoms with E-state index in [2.05, 4.69) is 0 Å². The normalized spacial score (nSPS) is 27.6. The number of hydrogen-bond acceptors (Lipinski definition) is 5. The Morgan fingerprint density at radius 1 is 1.16 bits per heavy atom. The molecule has 0 aliphatic heterocycles. The van der Waals surface area contributed by atoms with E-state index in [0.29, 0.717) is 31.8 Å². The number of carbonyl (C=O) groups excluding carboxylic acids is 1. The largest absolute Gasteiger partial charge is 0.494 e. The number of para-hydroxylation sites is 1. The minimum absolute atomic E-state index is 0.0727. The van der Waals surface area contributed by atoms with Gasteiger partial charge in [-0.2, -0.15) is 8.42 Å². The van der Waals surface area contributed by atoms with Gasteiger partial charge in [0.05, 0.1) is 24.4 Å². The van der Waals surface area contributed by atoms with Gasteiger partial charge in [-0.05, 0) is 36.3 Å². The average Bonchev–Trinajstić information content (AvgIpc) is 2.89. The molecule has 2 saturated carbocycles. The summed E-state index contributed by atoms with van der Waals surface area (Å²) in [6.45, 7) is 4.51. The van der Waals surface area contributed by atoms with Crippen LogP contribution in [0.5, 0.6) is 5.75 Å². The molecule has 1 aromatic carbocycles. The van der Waals surface area contributed by atoms with Gasteiger partial charge in [0.1, 0.15) is 11.5 Å². The Balaban J connectivity index is 1.50. The van der Waals surface area contributed by atoms with Crippen LogP contribution < -0.4 is 4.74 Å². The molecule has 0 heterocycles. The standard InChI is InChI=1S/C19H26O5S/c1-18(2)15-9-10-19(18,17(20)13-15)14-25(21,22)24-12-6-11-23-16-7-4-3-5-8-16/h3-5,7-8,15H,6,9-14H2,1-2H3. The van der Waals surface area contributed by atoms with Crippen LogP contribution in [-0.2, 0) is 19.1 Å². The highest BCUT2D eigenvalue weighted by Crippen LogP contribution is 2.64. The third-order valence-corrected chi connectivity index (χ3v) is 7.50. The summed E-state index contributed by atoms with van der Waals surface area (Å²) >= 11 is 0. The van der Waals surface area contributed by atoms with E-state index in [4.69, 9.17) is 8.92 Å². The zero-order valence-corrected chi connectivity index (χ0v) is 15.7. The Bertz CT molecular complexity index is 725. The molecule has 2 bridgehead atoms. The van der Waals surface area contributed by atoms with E-state index in [0.717, 1.165) is 12.2 Å². The van der Waals surface area contributed by atoms with Gasteiger partial charge in [-0.15, -0.1) is 0 Å². The molecule has 0 spiro atoms. The Labute approximate surface area is 149 Å². The van der Waals surface area contributed by atoms with Gasteiger partial charge in [-0.3, -0.25) is 8.98 Å². The minimum Gasteiger partial charge on any atom is -0.494 e. The van der Waals surface area contributed by atoms with Gasteiger partial charge in [-0.25, -0.2) is 0 Å². The van der Waals surface area contributed by atoms with Crippen LogP contribution in [0.2, 0.25) is 0 Å². The lowest BCUT2D eigenvalue weighted by Crippen LogP contribution is -2.42. The summed E-state index contributed by atoms with van der Waals surface area (Å²) in [7, 11) is -3.73. The Morgan fingerprint density at radius 3 is 2.48 bits per heavy atom. The van der Waals surface area contributed by atoms with E-state index in [9.17, 15) is 13.2 Å². The van der Waals surface area contributed by atoms with Crippen molar-refractivity contribution in [3.8, 4) is 5.75 Å². The molecule has 0 N–H and O–H groups in total. The van der Waals surface area contributed by atoms with Gasteiger partial charge >= 0.3 is 0 Å². The predicted molar refractivity (Wildman–Crippen MR) is 94.9 cm³/mol. The fourth-order valence-electron chi connectivity index (χ4n) is 4.40. The monoisotopic (exact) mass is 366 g/mol. The number of benzene rings is 1. The molecule has 3 rings (SSSR count). The quantitative estimate of drug-likeness (QED) is 0.522. The van der Waals surface area contributed by atoms with Crippen LogP contribution in [-0.4, -0.2) is 33.2 Å². The number of carbonyl (C=O) groups is 1. The van der Waals surface area contributed by atoms with Gasteiger partial charge in [0.25, 0.3) is 10.1 Å². The highest BCUT2D eigenvalue weighted by atomic mass is 32.2. The molecule has 0 amide bonds. The highest BCUT2D eigenvalue weighted by Gasteiger charge is 2.65. The maximum atomic E-state index is 12.4. The van der Waals surface area contributed by atoms with Gasteiger partial charge in [0.15, 0.2) is 0 Å². The zero-order chi connectivity index (χ0) is 18.1. The van der Waals surface area contributed by atoms with Crippen LogP contribution >= 0.6 is 0 Å². The second-order valence-electron chi connectivity index (χ2n) is 7.71. The third-order valence-electron chi connectivity index (χ3n) is 6.13. The summed E-state index contributed by atoms with van der Waals surface area (Å²) in [5.41, 5.74) is -1.03. The molecule has 138 valence electrons. The zero-order valence-electron chi connectivity index (χ0n) is 14.9. The van der Waals surface area contributed by atoms with E-state index in [1.165, 1.54) is 0 Å². The SMILES string of the molecule is CC1(C)C2CCC1(CS(=O)(=O)OCCCOc1ccccc1)C(=O)C2. The lowest BCUT2D eigenvalue weighted by Gasteiger charge is -2.35. The van der Waals surface area contributed by atoms with Crippen LogP contribution in [0.3, 0.4) is 0 Å². The highest BCUT2D eigenvalue weighted by molar-refractivity contribution is 7.86. The second kappa shape index (κ2) is 6.72. The van der Waals surface area contributed by atoms with E-state index in [1.54, 1.807) is 0 Å². The van der Waals surface area contributed by atoms with Crippen molar-refractivity contribution in [2.24, 2.45) is 16.7 Å². The Kier molecular flexibility index (Phi) is 4.95. The van der Waals surface area contributed by atoms with Gasteiger partial charge in [0.2, 0.25) is 0 Å². The third kappa shape index (κ3) is 3.47. The lowest BCUT2D eigenvalue weighted by molar-refractivity contribution is -0.128. The molecular formula is C19H26O5S. The van der Waals surface area contributed by atoms with Crippen molar-refractivity contribution in [1.82, 2.24) is 0 Å². The molecule has 2 aliphatic carbocycles. The molecular weight excluding hydrogens is 340 g/mol. The van der Waals surface area contributed by atoms with E-state index < -0.39 is 15.5 Å². The number of rotatable bonds is 8. The van der Waals surface area contributed by atoms with Crippen LogP contribution in [0.25, 0.3) is 0 Å². The molecule has 0 saturated heterocycles. The van der Waals surface area contributed by atoms with Crippen molar-refractivity contribution < 1.29 is 22.1 Å². The Hall–Kier alpha value is -1.40. The maximum Gasteiger partial charge on any atom is 0.268 e. The van der Waals surface area contributed by atoms with E-state index in [1.807, 2.05) is 44.2 Å².